The van der Waals surface area contributed by atoms with E-state index in [1.807, 2.05) is 103 Å². The molecule has 0 unspecified atom stereocenters. The van der Waals surface area contributed by atoms with Gasteiger partial charge >= 0.3 is 6.18 Å². The van der Waals surface area contributed by atoms with Crippen LogP contribution in [0.15, 0.2) is 200 Å². The standard InChI is InChI=1S/C52H33F3N4/c53-52(54,55)45-24-14-13-23-41(45)42-28-25-40(51-57-49(36-19-9-3-10-20-36)56-50(58-51)37-21-11-4-12-22-37)33-48(42)59-46-29-26-38(34-15-5-1-6-16-34)31-43(46)44-32-39(27-30-47(44)59)35-17-7-2-8-18-35/h1-33H. The Labute approximate surface area is 338 Å². The van der Waals surface area contributed by atoms with Crippen molar-refractivity contribution in [1.82, 2.24) is 19.5 Å². The molecule has 0 saturated heterocycles. The van der Waals surface area contributed by atoms with Crippen molar-refractivity contribution in [2.45, 2.75) is 6.18 Å². The molecular formula is C52H33F3N4. The van der Waals surface area contributed by atoms with Crippen molar-refractivity contribution in [2.24, 2.45) is 0 Å². The smallest absolute Gasteiger partial charge is 0.309 e. The highest BCUT2D eigenvalue weighted by atomic mass is 19.4. The summed E-state index contributed by atoms with van der Waals surface area (Å²) >= 11 is 0. The zero-order chi connectivity index (χ0) is 39.9. The van der Waals surface area contributed by atoms with E-state index in [0.29, 0.717) is 34.3 Å². The summed E-state index contributed by atoms with van der Waals surface area (Å²) in [6, 6.07) is 63.6. The molecule has 0 aliphatic carbocycles. The second-order valence-electron chi connectivity index (χ2n) is 14.3. The van der Waals surface area contributed by atoms with Crippen molar-refractivity contribution in [3.8, 4) is 73.2 Å². The number of nitrogens with zero attached hydrogens (tertiary/aromatic N) is 4. The summed E-state index contributed by atoms with van der Waals surface area (Å²) in [5.41, 5.74) is 8.47. The molecule has 0 aliphatic rings. The van der Waals surface area contributed by atoms with Crippen LogP contribution in [-0.4, -0.2) is 19.5 Å². The number of halogens is 3. The lowest BCUT2D eigenvalue weighted by atomic mass is 9.96. The van der Waals surface area contributed by atoms with Crippen molar-refractivity contribution in [3.05, 3.63) is 206 Å². The van der Waals surface area contributed by atoms with Gasteiger partial charge < -0.3 is 4.57 Å². The third kappa shape index (κ3) is 6.72. The van der Waals surface area contributed by atoms with Crippen LogP contribution in [0.3, 0.4) is 0 Å². The van der Waals surface area contributed by atoms with Crippen LogP contribution in [0.25, 0.3) is 95.0 Å². The average molecular weight is 771 g/mol. The Hall–Kier alpha value is -7.64. The highest BCUT2D eigenvalue weighted by molar-refractivity contribution is 6.12. The number of hydrogen-bond acceptors (Lipinski definition) is 3. The molecule has 0 fully saturated rings. The predicted molar refractivity (Wildman–Crippen MR) is 232 cm³/mol. The Balaban J connectivity index is 1.28. The Morgan fingerprint density at radius 3 is 1.22 bits per heavy atom. The van der Waals surface area contributed by atoms with Gasteiger partial charge in [-0.15, -0.1) is 0 Å². The number of hydrogen-bond donors (Lipinski definition) is 0. The maximum atomic E-state index is 14.8. The lowest BCUT2D eigenvalue weighted by Gasteiger charge is -2.19. The maximum Gasteiger partial charge on any atom is 0.417 e. The largest absolute Gasteiger partial charge is 0.417 e. The lowest BCUT2D eigenvalue weighted by molar-refractivity contribution is -0.137. The van der Waals surface area contributed by atoms with Crippen molar-refractivity contribution >= 4 is 21.8 Å². The molecule has 7 heteroatoms. The van der Waals surface area contributed by atoms with Crippen molar-refractivity contribution in [3.63, 3.8) is 0 Å². The summed E-state index contributed by atoms with van der Waals surface area (Å²) < 4.78 is 46.6. The zero-order valence-corrected chi connectivity index (χ0v) is 31.5. The fourth-order valence-electron chi connectivity index (χ4n) is 7.89. The summed E-state index contributed by atoms with van der Waals surface area (Å²) in [7, 11) is 0. The summed E-state index contributed by atoms with van der Waals surface area (Å²) in [5, 5.41) is 1.94. The molecule has 0 saturated carbocycles. The van der Waals surface area contributed by atoms with Gasteiger partial charge in [-0.2, -0.15) is 13.2 Å². The normalized spacial score (nSPS) is 11.6. The van der Waals surface area contributed by atoms with Crippen molar-refractivity contribution < 1.29 is 13.2 Å². The number of aromatic nitrogens is 4. The number of rotatable bonds is 7. The van der Waals surface area contributed by atoms with E-state index in [4.69, 9.17) is 15.0 Å². The Bertz CT molecular complexity index is 2970. The van der Waals surface area contributed by atoms with Crippen LogP contribution in [0, 0.1) is 0 Å². The van der Waals surface area contributed by atoms with E-state index in [1.165, 1.54) is 6.07 Å². The molecular weight excluding hydrogens is 738 g/mol. The van der Waals surface area contributed by atoms with Crippen LogP contribution >= 0.6 is 0 Å². The minimum atomic E-state index is -4.59. The van der Waals surface area contributed by atoms with E-state index in [0.717, 1.165) is 61.3 Å². The highest BCUT2D eigenvalue weighted by Crippen LogP contribution is 2.44. The Morgan fingerprint density at radius 1 is 0.339 bits per heavy atom. The van der Waals surface area contributed by atoms with E-state index >= 15 is 0 Å². The predicted octanol–water partition coefficient (Wildman–Crippen LogP) is 14.0. The van der Waals surface area contributed by atoms with E-state index in [-0.39, 0.29) is 5.56 Å². The summed E-state index contributed by atoms with van der Waals surface area (Å²) in [6.45, 7) is 0. The second kappa shape index (κ2) is 14.7. The maximum absolute atomic E-state index is 14.8. The van der Waals surface area contributed by atoms with Crippen molar-refractivity contribution in [1.29, 1.82) is 0 Å². The number of benzene rings is 8. The SMILES string of the molecule is FC(F)(F)c1ccccc1-c1ccc(-c2nc(-c3ccccc3)nc(-c3ccccc3)n2)cc1-n1c2ccc(-c3ccccc3)cc2c2cc(-c3ccccc3)ccc21. The Kier molecular flexibility index (Phi) is 8.91. The molecule has 0 bridgehead atoms. The van der Waals surface area contributed by atoms with Crippen LogP contribution in [0.4, 0.5) is 13.2 Å². The second-order valence-corrected chi connectivity index (χ2v) is 14.3. The van der Waals surface area contributed by atoms with Crippen LogP contribution in [-0.2, 0) is 6.18 Å². The topological polar surface area (TPSA) is 43.6 Å². The van der Waals surface area contributed by atoms with Gasteiger partial charge in [0, 0.05) is 33.0 Å². The lowest BCUT2D eigenvalue weighted by Crippen LogP contribution is -2.08. The molecule has 2 heterocycles. The van der Waals surface area contributed by atoms with Crippen LogP contribution in [0.1, 0.15) is 5.56 Å². The number of fused-ring (bicyclic) bond motifs is 3. The van der Waals surface area contributed by atoms with Crippen LogP contribution < -0.4 is 0 Å². The monoisotopic (exact) mass is 770 g/mol. The molecule has 0 spiro atoms. The van der Waals surface area contributed by atoms with E-state index in [9.17, 15) is 13.2 Å². The number of alkyl halides is 3. The van der Waals surface area contributed by atoms with Crippen LogP contribution in [0.5, 0.6) is 0 Å². The van der Waals surface area contributed by atoms with Crippen molar-refractivity contribution in [2.75, 3.05) is 0 Å². The van der Waals surface area contributed by atoms with Gasteiger partial charge in [-0.25, -0.2) is 15.0 Å². The first-order valence-corrected chi connectivity index (χ1v) is 19.3. The first-order valence-electron chi connectivity index (χ1n) is 19.3. The minimum absolute atomic E-state index is 0.0731. The first kappa shape index (κ1) is 35.8. The molecule has 0 atom stereocenters. The van der Waals surface area contributed by atoms with E-state index in [2.05, 4.69) is 65.2 Å². The summed E-state index contributed by atoms with van der Waals surface area (Å²) in [4.78, 5) is 14.8. The molecule has 10 aromatic rings. The van der Waals surface area contributed by atoms with Gasteiger partial charge in [-0.3, -0.25) is 0 Å². The summed E-state index contributed by atoms with van der Waals surface area (Å²) in [6.07, 6.45) is -4.59. The molecule has 59 heavy (non-hydrogen) atoms. The van der Waals surface area contributed by atoms with Gasteiger partial charge in [0.05, 0.1) is 22.3 Å². The molecule has 0 amide bonds. The van der Waals surface area contributed by atoms with Crippen LogP contribution in [0.2, 0.25) is 0 Å². The third-order valence-electron chi connectivity index (χ3n) is 10.7. The molecule has 0 aliphatic heterocycles. The highest BCUT2D eigenvalue weighted by Gasteiger charge is 2.34. The molecule has 0 radical (unpaired) electrons. The molecule has 2 aromatic heterocycles. The van der Waals surface area contributed by atoms with Gasteiger partial charge in [0.2, 0.25) is 0 Å². The Morgan fingerprint density at radius 2 is 0.746 bits per heavy atom. The molecule has 282 valence electrons. The van der Waals surface area contributed by atoms with Gasteiger partial charge in [0.25, 0.3) is 0 Å². The fourth-order valence-corrected chi connectivity index (χ4v) is 7.89. The van der Waals surface area contributed by atoms with Gasteiger partial charge in [-0.1, -0.05) is 164 Å². The fraction of sp³-hybridized carbons (Fsp3) is 0.0192. The average Bonchev–Trinajstić information content (AvgIpc) is 3.62. The zero-order valence-electron chi connectivity index (χ0n) is 31.5. The minimum Gasteiger partial charge on any atom is -0.309 e. The van der Waals surface area contributed by atoms with Gasteiger partial charge in [-0.05, 0) is 64.2 Å². The quantitative estimate of drug-likeness (QED) is 0.162. The first-order chi connectivity index (χ1) is 28.9. The molecule has 10 rings (SSSR count). The molecule has 4 nitrogen and oxygen atoms in total. The van der Waals surface area contributed by atoms with E-state index in [1.54, 1.807) is 24.3 Å². The molecule has 8 aromatic carbocycles. The summed E-state index contributed by atoms with van der Waals surface area (Å²) in [5.74, 6) is 1.37. The molecule has 0 N–H and O–H groups in total. The third-order valence-corrected chi connectivity index (χ3v) is 10.7. The van der Waals surface area contributed by atoms with E-state index < -0.39 is 11.7 Å². The van der Waals surface area contributed by atoms with Gasteiger partial charge in [0.15, 0.2) is 17.5 Å². The van der Waals surface area contributed by atoms with Gasteiger partial charge in [0.1, 0.15) is 0 Å².